The zero-order valence-corrected chi connectivity index (χ0v) is 17.1. The third-order valence-electron chi connectivity index (χ3n) is 5.61. The van der Waals surface area contributed by atoms with Crippen molar-refractivity contribution in [2.24, 2.45) is 11.8 Å². The number of hydrogen-bond donors (Lipinski definition) is 1. The van der Waals surface area contributed by atoms with Crippen LogP contribution in [0.4, 0.5) is 0 Å². The van der Waals surface area contributed by atoms with Crippen LogP contribution in [0.5, 0.6) is 0 Å². The molecule has 1 N–H and O–H groups in total. The highest BCUT2D eigenvalue weighted by Gasteiger charge is 2.33. The molecule has 0 aliphatic heterocycles. The Kier molecular flexibility index (Phi) is 12.5. The van der Waals surface area contributed by atoms with Gasteiger partial charge in [-0.05, 0) is 56.2 Å². The maximum atomic E-state index is 12.2. The van der Waals surface area contributed by atoms with Gasteiger partial charge in [-0.1, -0.05) is 45.4 Å². The number of nitriles is 1. The molecule has 4 nitrogen and oxygen atoms in total. The van der Waals surface area contributed by atoms with Gasteiger partial charge in [0, 0.05) is 24.0 Å². The Morgan fingerprint density at radius 1 is 1.19 bits per heavy atom. The Labute approximate surface area is 163 Å². The molecule has 0 saturated heterocycles. The zero-order valence-electron chi connectivity index (χ0n) is 16.3. The number of carboxylic acids is 1. The molecule has 1 unspecified atom stereocenters. The summed E-state index contributed by atoms with van der Waals surface area (Å²) in [7, 11) is 0. The number of ketones is 1. The minimum absolute atomic E-state index is 0.206. The van der Waals surface area contributed by atoms with Gasteiger partial charge in [0.15, 0.2) is 0 Å². The highest BCUT2D eigenvalue weighted by Crippen LogP contribution is 2.37. The van der Waals surface area contributed by atoms with Crippen LogP contribution < -0.4 is 0 Å². The lowest BCUT2D eigenvalue weighted by Gasteiger charge is -2.20. The molecule has 1 aliphatic carbocycles. The van der Waals surface area contributed by atoms with Crippen molar-refractivity contribution in [1.29, 1.82) is 5.26 Å². The second kappa shape index (κ2) is 14.1. The van der Waals surface area contributed by atoms with Gasteiger partial charge in [-0.3, -0.25) is 9.59 Å². The Morgan fingerprint density at radius 2 is 1.96 bits per heavy atom. The van der Waals surface area contributed by atoms with Gasteiger partial charge in [0.1, 0.15) is 11.2 Å². The largest absolute Gasteiger partial charge is 0.481 e. The Balaban J connectivity index is 2.31. The fourth-order valence-electron chi connectivity index (χ4n) is 4.07. The molecule has 1 saturated carbocycles. The number of carbonyl (C=O) groups excluding carboxylic acids is 1. The first-order valence-electron chi connectivity index (χ1n) is 10.4. The van der Waals surface area contributed by atoms with E-state index in [1.165, 1.54) is 31.0 Å². The van der Waals surface area contributed by atoms with E-state index in [0.717, 1.165) is 64.2 Å². The van der Waals surface area contributed by atoms with E-state index in [2.05, 4.69) is 12.3 Å². The third kappa shape index (κ3) is 9.62. The van der Waals surface area contributed by atoms with Crippen LogP contribution >= 0.6 is 11.8 Å². The molecule has 0 radical (unpaired) electrons. The standard InChI is InChI=1S/C21H35NO3S/c1-2-3-6-9-18(26-16-22)14-12-17-13-15-20(23)19(17)10-7-4-5-8-11-21(24)25/h17-19H,2-15H2,1H3,(H,24,25)/t17-,18?,19+/m0/s1. The van der Waals surface area contributed by atoms with Crippen LogP contribution in [0.2, 0.25) is 0 Å². The molecule has 0 amide bonds. The van der Waals surface area contributed by atoms with Gasteiger partial charge in [-0.25, -0.2) is 0 Å². The lowest BCUT2D eigenvalue weighted by molar-refractivity contribution is -0.137. The number of nitrogens with zero attached hydrogens (tertiary/aromatic N) is 1. The molecule has 0 bridgehead atoms. The second-order valence-electron chi connectivity index (χ2n) is 7.62. The van der Waals surface area contributed by atoms with E-state index in [1.807, 2.05) is 0 Å². The topological polar surface area (TPSA) is 78.2 Å². The highest BCUT2D eigenvalue weighted by molar-refractivity contribution is 8.04. The summed E-state index contributed by atoms with van der Waals surface area (Å²) in [5.74, 6) is 0.406. The van der Waals surface area contributed by atoms with E-state index in [0.29, 0.717) is 17.0 Å². The van der Waals surface area contributed by atoms with Gasteiger partial charge in [0.05, 0.1) is 0 Å². The van der Waals surface area contributed by atoms with Crippen LogP contribution in [0.3, 0.4) is 0 Å². The molecule has 3 atom stereocenters. The summed E-state index contributed by atoms with van der Waals surface area (Å²) in [6.07, 6.45) is 13.5. The molecule has 26 heavy (non-hydrogen) atoms. The van der Waals surface area contributed by atoms with Crippen molar-refractivity contribution in [3.05, 3.63) is 0 Å². The number of carbonyl (C=O) groups is 2. The predicted octanol–water partition coefficient (Wildman–Crippen LogP) is 5.95. The minimum Gasteiger partial charge on any atom is -0.481 e. The third-order valence-corrected chi connectivity index (χ3v) is 6.52. The summed E-state index contributed by atoms with van der Waals surface area (Å²) < 4.78 is 0. The van der Waals surface area contributed by atoms with Crippen molar-refractivity contribution in [3.63, 3.8) is 0 Å². The van der Waals surface area contributed by atoms with Gasteiger partial charge in [-0.15, -0.1) is 0 Å². The van der Waals surface area contributed by atoms with E-state index in [-0.39, 0.29) is 12.3 Å². The molecule has 0 aromatic heterocycles. The number of thiocyanates is 1. The summed E-state index contributed by atoms with van der Waals surface area (Å²) in [5.41, 5.74) is 0. The number of rotatable bonds is 15. The number of aliphatic carboxylic acids is 1. The van der Waals surface area contributed by atoms with Crippen LogP contribution in [-0.2, 0) is 9.59 Å². The molecule has 0 aromatic carbocycles. The molecule has 1 fully saturated rings. The van der Waals surface area contributed by atoms with Crippen molar-refractivity contribution >= 4 is 23.5 Å². The molecule has 148 valence electrons. The number of hydrogen-bond acceptors (Lipinski definition) is 4. The van der Waals surface area contributed by atoms with Crippen molar-refractivity contribution in [3.8, 4) is 5.40 Å². The van der Waals surface area contributed by atoms with E-state index in [9.17, 15) is 9.59 Å². The summed E-state index contributed by atoms with van der Waals surface area (Å²) >= 11 is 1.41. The second-order valence-corrected chi connectivity index (χ2v) is 8.71. The zero-order chi connectivity index (χ0) is 19.2. The highest BCUT2D eigenvalue weighted by atomic mass is 32.2. The minimum atomic E-state index is -0.722. The SMILES string of the molecule is CCCCCC(CC[C@H]1CCC(=O)[C@@H]1CCCCCCC(=O)O)SC#N. The maximum absolute atomic E-state index is 12.2. The van der Waals surface area contributed by atoms with E-state index < -0.39 is 5.97 Å². The first-order valence-corrected chi connectivity index (χ1v) is 11.3. The molecule has 0 aromatic rings. The number of Topliss-reactive ketones (excluding diaryl/α,β-unsaturated/α-hetero) is 1. The lowest BCUT2D eigenvalue weighted by Crippen LogP contribution is -2.16. The van der Waals surface area contributed by atoms with E-state index in [4.69, 9.17) is 10.4 Å². The first kappa shape index (κ1) is 23.0. The number of unbranched alkanes of at least 4 members (excludes halogenated alkanes) is 5. The summed E-state index contributed by atoms with van der Waals surface area (Å²) in [6.45, 7) is 2.20. The van der Waals surface area contributed by atoms with Crippen LogP contribution in [0.25, 0.3) is 0 Å². The smallest absolute Gasteiger partial charge is 0.303 e. The van der Waals surface area contributed by atoms with Gasteiger partial charge in [0.25, 0.3) is 0 Å². The maximum Gasteiger partial charge on any atom is 0.303 e. The summed E-state index contributed by atoms with van der Waals surface area (Å²) in [4.78, 5) is 22.8. The van der Waals surface area contributed by atoms with Crippen molar-refractivity contribution in [1.82, 2.24) is 0 Å². The molecule has 0 spiro atoms. The fourth-order valence-corrected chi connectivity index (χ4v) is 4.76. The monoisotopic (exact) mass is 381 g/mol. The molecular weight excluding hydrogens is 346 g/mol. The van der Waals surface area contributed by atoms with Gasteiger partial charge >= 0.3 is 5.97 Å². The van der Waals surface area contributed by atoms with Gasteiger partial charge in [0.2, 0.25) is 0 Å². The lowest BCUT2D eigenvalue weighted by atomic mass is 9.86. The van der Waals surface area contributed by atoms with Crippen LogP contribution in [-0.4, -0.2) is 22.1 Å². The quantitative estimate of drug-likeness (QED) is 0.280. The normalized spacial score (nSPS) is 20.8. The first-order chi connectivity index (χ1) is 12.6. The van der Waals surface area contributed by atoms with Crippen molar-refractivity contribution in [2.75, 3.05) is 0 Å². The molecular formula is C21H35NO3S. The Morgan fingerprint density at radius 3 is 2.65 bits per heavy atom. The predicted molar refractivity (Wildman–Crippen MR) is 107 cm³/mol. The van der Waals surface area contributed by atoms with E-state index in [1.54, 1.807) is 0 Å². The van der Waals surface area contributed by atoms with Gasteiger partial charge in [-0.2, -0.15) is 5.26 Å². The average Bonchev–Trinajstić information content (AvgIpc) is 2.96. The van der Waals surface area contributed by atoms with Crippen molar-refractivity contribution in [2.45, 2.75) is 102 Å². The van der Waals surface area contributed by atoms with Crippen LogP contribution in [0, 0.1) is 22.5 Å². The molecule has 0 heterocycles. The molecule has 1 aliphatic rings. The van der Waals surface area contributed by atoms with E-state index >= 15 is 0 Å². The Hall–Kier alpha value is -1.02. The van der Waals surface area contributed by atoms with Crippen molar-refractivity contribution < 1.29 is 14.7 Å². The Bertz CT molecular complexity index is 461. The molecule has 1 rings (SSSR count). The number of thioether (sulfide) groups is 1. The van der Waals surface area contributed by atoms with Crippen LogP contribution in [0.15, 0.2) is 0 Å². The summed E-state index contributed by atoms with van der Waals surface area (Å²) in [6, 6.07) is 0. The number of carboxylic acid groups (broad SMARTS) is 1. The fraction of sp³-hybridized carbons (Fsp3) is 0.857. The summed E-state index contributed by atoms with van der Waals surface area (Å²) in [5, 5.41) is 20.4. The van der Waals surface area contributed by atoms with Gasteiger partial charge < -0.3 is 5.11 Å². The average molecular weight is 382 g/mol. The molecule has 5 heteroatoms. The van der Waals surface area contributed by atoms with Crippen LogP contribution in [0.1, 0.15) is 96.8 Å².